The lowest BCUT2D eigenvalue weighted by atomic mass is 9.76. The van der Waals surface area contributed by atoms with E-state index in [1.807, 2.05) is 37.8 Å². The van der Waals surface area contributed by atoms with Crippen molar-refractivity contribution in [3.63, 3.8) is 0 Å². The Labute approximate surface area is 146 Å². The number of rotatable bonds is 3. The summed E-state index contributed by atoms with van der Waals surface area (Å²) in [5, 5.41) is 3.18. The van der Waals surface area contributed by atoms with E-state index in [1.165, 1.54) is 12.4 Å². The molecule has 0 bridgehead atoms. The van der Waals surface area contributed by atoms with E-state index >= 15 is 0 Å². The summed E-state index contributed by atoms with van der Waals surface area (Å²) >= 11 is 6.02. The van der Waals surface area contributed by atoms with Gasteiger partial charge in [-0.2, -0.15) is 0 Å². The Morgan fingerprint density at radius 1 is 1.50 bits per heavy atom. The van der Waals surface area contributed by atoms with Crippen LogP contribution in [0.1, 0.15) is 37.6 Å². The normalized spacial score (nSPS) is 21.9. The molecule has 0 radical (unpaired) electrons. The van der Waals surface area contributed by atoms with Gasteiger partial charge in [-0.1, -0.05) is 31.5 Å². The van der Waals surface area contributed by atoms with Crippen LogP contribution in [0.5, 0.6) is 0 Å². The number of hydrogen-bond acceptors (Lipinski definition) is 3. The minimum Gasteiger partial charge on any atom is -0.322 e. The quantitative estimate of drug-likeness (QED) is 0.915. The van der Waals surface area contributed by atoms with Gasteiger partial charge in [0.25, 0.3) is 5.91 Å². The number of halogens is 1. The van der Waals surface area contributed by atoms with Crippen LogP contribution in [-0.4, -0.2) is 28.2 Å². The molecule has 1 atom stereocenters. The van der Waals surface area contributed by atoms with Crippen molar-refractivity contribution in [1.29, 1.82) is 0 Å². The predicted octanol–water partition coefficient (Wildman–Crippen LogP) is 3.14. The molecule has 0 saturated carbocycles. The fourth-order valence-electron chi connectivity index (χ4n) is 3.40. The summed E-state index contributed by atoms with van der Waals surface area (Å²) in [6.07, 6.45) is 7.56. The standard InChI is InChI=1S/C18H20ClN3O2/c1-4-22-15-9-11(5-6-13(15)18(2,3)17(22)24)21-16(23)12-7-8-20-10-14(12)19/h5,7-10,13H,4,6H2,1-3H3,(H,21,23). The smallest absolute Gasteiger partial charge is 0.257 e. The lowest BCUT2D eigenvalue weighted by Crippen LogP contribution is -2.31. The highest BCUT2D eigenvalue weighted by Gasteiger charge is 2.50. The number of allylic oxidation sites excluding steroid dienone is 3. The monoisotopic (exact) mass is 345 g/mol. The number of aromatic nitrogens is 1. The maximum Gasteiger partial charge on any atom is 0.257 e. The van der Waals surface area contributed by atoms with Crippen LogP contribution in [0.4, 0.5) is 0 Å². The van der Waals surface area contributed by atoms with E-state index in [0.29, 0.717) is 22.8 Å². The largest absolute Gasteiger partial charge is 0.322 e. The zero-order valence-electron chi connectivity index (χ0n) is 14.0. The van der Waals surface area contributed by atoms with Gasteiger partial charge in [0.1, 0.15) is 0 Å². The van der Waals surface area contributed by atoms with Crippen molar-refractivity contribution in [2.24, 2.45) is 11.3 Å². The molecule has 2 aliphatic rings. The number of likely N-dealkylation sites (tertiary alicyclic amines) is 1. The molecular weight excluding hydrogens is 326 g/mol. The number of fused-ring (bicyclic) bond motifs is 1. The van der Waals surface area contributed by atoms with Gasteiger partial charge in [-0.05, 0) is 25.5 Å². The van der Waals surface area contributed by atoms with Crippen LogP contribution in [-0.2, 0) is 4.79 Å². The van der Waals surface area contributed by atoms with Gasteiger partial charge in [0.2, 0.25) is 5.91 Å². The predicted molar refractivity (Wildman–Crippen MR) is 92.2 cm³/mol. The van der Waals surface area contributed by atoms with Crippen LogP contribution in [0.3, 0.4) is 0 Å². The summed E-state index contributed by atoms with van der Waals surface area (Å²) in [5.41, 5.74) is 1.64. The number of amides is 2. The Morgan fingerprint density at radius 3 is 2.92 bits per heavy atom. The van der Waals surface area contributed by atoms with Crippen molar-refractivity contribution >= 4 is 23.4 Å². The first kappa shape index (κ1) is 16.7. The molecule has 3 rings (SSSR count). The lowest BCUT2D eigenvalue weighted by molar-refractivity contribution is -0.134. The molecule has 1 fully saturated rings. The number of pyridine rings is 1. The molecule has 1 saturated heterocycles. The first-order valence-corrected chi connectivity index (χ1v) is 8.38. The summed E-state index contributed by atoms with van der Waals surface area (Å²) in [7, 11) is 0. The van der Waals surface area contributed by atoms with Gasteiger partial charge in [0.05, 0.1) is 16.0 Å². The Bertz CT molecular complexity index is 767. The molecule has 126 valence electrons. The van der Waals surface area contributed by atoms with Crippen LogP contribution >= 0.6 is 11.6 Å². The van der Waals surface area contributed by atoms with Crippen LogP contribution < -0.4 is 5.32 Å². The lowest BCUT2D eigenvalue weighted by Gasteiger charge is -2.26. The Hall–Kier alpha value is -2.14. The Morgan fingerprint density at radius 2 is 2.25 bits per heavy atom. The molecule has 0 aromatic carbocycles. The molecule has 6 heteroatoms. The highest BCUT2D eigenvalue weighted by molar-refractivity contribution is 6.33. The van der Waals surface area contributed by atoms with Gasteiger partial charge < -0.3 is 10.2 Å². The molecular formula is C18H20ClN3O2. The average Bonchev–Trinajstić information content (AvgIpc) is 2.74. The second kappa shape index (κ2) is 6.06. The average molecular weight is 346 g/mol. The van der Waals surface area contributed by atoms with Gasteiger partial charge in [0, 0.05) is 36.3 Å². The van der Waals surface area contributed by atoms with Crippen molar-refractivity contribution in [3.05, 3.63) is 52.6 Å². The summed E-state index contributed by atoms with van der Waals surface area (Å²) in [4.78, 5) is 30.7. The minimum absolute atomic E-state index is 0.138. The van der Waals surface area contributed by atoms with E-state index in [9.17, 15) is 9.59 Å². The third kappa shape index (κ3) is 2.63. The summed E-state index contributed by atoms with van der Waals surface area (Å²) in [5.74, 6) is 0.00472. The third-order valence-electron chi connectivity index (χ3n) is 4.80. The van der Waals surface area contributed by atoms with Crippen LogP contribution in [0.2, 0.25) is 5.02 Å². The van der Waals surface area contributed by atoms with Crippen LogP contribution in [0, 0.1) is 11.3 Å². The fourth-order valence-corrected chi connectivity index (χ4v) is 3.61. The SMILES string of the molecule is CCN1C(=O)C(C)(C)C2CC=C(NC(=O)c3ccncc3Cl)C=C21. The third-order valence-corrected chi connectivity index (χ3v) is 5.11. The van der Waals surface area contributed by atoms with Crippen LogP contribution in [0.15, 0.2) is 42.0 Å². The highest BCUT2D eigenvalue weighted by Crippen LogP contribution is 2.47. The van der Waals surface area contributed by atoms with Crippen molar-refractivity contribution in [1.82, 2.24) is 15.2 Å². The second-order valence-electron chi connectivity index (χ2n) is 6.60. The van der Waals surface area contributed by atoms with Gasteiger partial charge in [-0.25, -0.2) is 0 Å². The van der Waals surface area contributed by atoms with Gasteiger partial charge in [-0.15, -0.1) is 0 Å². The molecule has 1 aromatic heterocycles. The maximum absolute atomic E-state index is 12.6. The number of nitrogens with zero attached hydrogens (tertiary/aromatic N) is 2. The molecule has 1 aliphatic heterocycles. The molecule has 2 heterocycles. The minimum atomic E-state index is -0.414. The first-order chi connectivity index (χ1) is 11.4. The fraction of sp³-hybridized carbons (Fsp3) is 0.389. The molecule has 1 aliphatic carbocycles. The zero-order valence-corrected chi connectivity index (χ0v) is 14.7. The van der Waals surface area contributed by atoms with E-state index in [2.05, 4.69) is 10.3 Å². The van der Waals surface area contributed by atoms with Gasteiger partial charge >= 0.3 is 0 Å². The van der Waals surface area contributed by atoms with Crippen molar-refractivity contribution in [3.8, 4) is 0 Å². The number of hydrogen-bond donors (Lipinski definition) is 1. The first-order valence-electron chi connectivity index (χ1n) is 8.00. The van der Waals surface area contributed by atoms with Crippen molar-refractivity contribution < 1.29 is 9.59 Å². The molecule has 5 nitrogen and oxygen atoms in total. The second-order valence-corrected chi connectivity index (χ2v) is 7.00. The van der Waals surface area contributed by atoms with Crippen molar-refractivity contribution in [2.75, 3.05) is 6.54 Å². The van der Waals surface area contributed by atoms with E-state index in [0.717, 1.165) is 12.1 Å². The molecule has 2 amide bonds. The van der Waals surface area contributed by atoms with E-state index in [1.54, 1.807) is 6.07 Å². The molecule has 24 heavy (non-hydrogen) atoms. The topological polar surface area (TPSA) is 62.3 Å². The number of nitrogens with one attached hydrogen (secondary N) is 1. The zero-order chi connectivity index (χ0) is 17.5. The Balaban J connectivity index is 1.84. The Kier molecular flexibility index (Phi) is 4.22. The molecule has 1 aromatic rings. The molecule has 0 spiro atoms. The van der Waals surface area contributed by atoms with E-state index in [-0.39, 0.29) is 17.7 Å². The summed E-state index contributed by atoms with van der Waals surface area (Å²) < 4.78 is 0. The van der Waals surface area contributed by atoms with Crippen molar-refractivity contribution in [2.45, 2.75) is 27.2 Å². The number of carbonyl (C=O) groups excluding carboxylic acids is 2. The molecule has 1 N–H and O–H groups in total. The molecule has 1 unspecified atom stereocenters. The summed E-state index contributed by atoms with van der Waals surface area (Å²) in [6, 6.07) is 1.58. The highest BCUT2D eigenvalue weighted by atomic mass is 35.5. The maximum atomic E-state index is 12.6. The number of carbonyl (C=O) groups is 2. The van der Waals surface area contributed by atoms with E-state index in [4.69, 9.17) is 11.6 Å². The van der Waals surface area contributed by atoms with Gasteiger partial charge in [-0.3, -0.25) is 14.6 Å². The van der Waals surface area contributed by atoms with Crippen LogP contribution in [0.25, 0.3) is 0 Å². The summed E-state index contributed by atoms with van der Waals surface area (Å²) in [6.45, 7) is 6.56. The van der Waals surface area contributed by atoms with E-state index < -0.39 is 5.41 Å². The van der Waals surface area contributed by atoms with Gasteiger partial charge in [0.15, 0.2) is 0 Å².